The maximum absolute atomic E-state index is 5.53. The highest BCUT2D eigenvalue weighted by molar-refractivity contribution is 6.21. The molecule has 3 heterocycles. The summed E-state index contributed by atoms with van der Waals surface area (Å²) >= 11 is 0. The highest BCUT2D eigenvalue weighted by Crippen LogP contribution is 2.47. The molecular weight excluding hydrogens is 753 g/mol. The highest BCUT2D eigenvalue weighted by atomic mass is 15.1. The molecule has 290 valence electrons. The lowest BCUT2D eigenvalue weighted by atomic mass is 9.93. The second-order valence-corrected chi connectivity index (χ2v) is 16.3. The zero-order valence-electron chi connectivity index (χ0n) is 33.7. The number of hydrogen-bond acceptors (Lipinski definition) is 1. The Labute approximate surface area is 358 Å². The molecule has 0 fully saturated rings. The summed E-state index contributed by atoms with van der Waals surface area (Å²) in [7, 11) is 0. The molecule has 0 spiro atoms. The minimum atomic E-state index is -0.395. The highest BCUT2D eigenvalue weighted by Gasteiger charge is 2.21. The van der Waals surface area contributed by atoms with Gasteiger partial charge in [0.25, 0.3) is 0 Å². The number of para-hydroxylation sites is 3. The zero-order chi connectivity index (χ0) is 40.7. The molecule has 62 heavy (non-hydrogen) atoms. The van der Waals surface area contributed by atoms with Gasteiger partial charge < -0.3 is 14.5 Å². The van der Waals surface area contributed by atoms with Crippen LogP contribution in [0.3, 0.4) is 0 Å². The van der Waals surface area contributed by atoms with Crippen LogP contribution in [-0.4, -0.2) is 14.8 Å². The molecular formula is C58H37N4-. The molecule has 13 rings (SSSR count). The maximum atomic E-state index is 5.53. The van der Waals surface area contributed by atoms with Crippen LogP contribution in [-0.2, 0) is 0 Å². The van der Waals surface area contributed by atoms with Gasteiger partial charge in [0, 0.05) is 44.6 Å². The van der Waals surface area contributed by atoms with Gasteiger partial charge in [0.2, 0.25) is 0 Å². The first-order chi connectivity index (χ1) is 30.7. The van der Waals surface area contributed by atoms with Crippen molar-refractivity contribution in [3.05, 3.63) is 240 Å². The van der Waals surface area contributed by atoms with Crippen molar-refractivity contribution in [2.45, 2.75) is 6.17 Å². The van der Waals surface area contributed by atoms with E-state index in [0.717, 1.165) is 50.4 Å². The lowest BCUT2D eigenvalue weighted by Crippen LogP contribution is -2.13. The van der Waals surface area contributed by atoms with E-state index in [1.54, 1.807) is 0 Å². The average Bonchev–Trinajstić information content (AvgIpc) is 3.86. The fraction of sp³-hybridized carbons (Fsp3) is 0.0172. The first-order valence-electron chi connectivity index (χ1n) is 21.3. The van der Waals surface area contributed by atoms with Gasteiger partial charge >= 0.3 is 0 Å². The quantitative estimate of drug-likeness (QED) is 0.167. The Morgan fingerprint density at radius 1 is 0.355 bits per heavy atom. The van der Waals surface area contributed by atoms with Gasteiger partial charge in [-0.3, -0.25) is 4.99 Å². The third-order valence-electron chi connectivity index (χ3n) is 12.8. The first kappa shape index (κ1) is 34.6. The van der Waals surface area contributed by atoms with Crippen molar-refractivity contribution >= 4 is 76.6 Å². The largest absolute Gasteiger partial charge is 0.659 e. The van der Waals surface area contributed by atoms with Crippen LogP contribution < -0.4 is 0 Å². The minimum Gasteiger partial charge on any atom is -0.659 e. The van der Waals surface area contributed by atoms with Crippen molar-refractivity contribution in [2.75, 3.05) is 0 Å². The number of aromatic nitrogens is 2. The minimum absolute atomic E-state index is 0.395. The van der Waals surface area contributed by atoms with Crippen molar-refractivity contribution in [1.29, 1.82) is 0 Å². The number of nitrogens with zero attached hydrogens (tertiary/aromatic N) is 4. The second kappa shape index (κ2) is 13.7. The Morgan fingerprint density at radius 2 is 0.935 bits per heavy atom. The van der Waals surface area contributed by atoms with Crippen LogP contribution in [0.5, 0.6) is 0 Å². The van der Waals surface area contributed by atoms with E-state index in [2.05, 4.69) is 228 Å². The van der Waals surface area contributed by atoms with Gasteiger partial charge in [-0.15, -0.1) is 5.69 Å². The molecule has 0 radical (unpaired) electrons. The van der Waals surface area contributed by atoms with E-state index in [-0.39, 0.29) is 0 Å². The van der Waals surface area contributed by atoms with Gasteiger partial charge in [-0.25, -0.2) is 0 Å². The summed E-state index contributed by atoms with van der Waals surface area (Å²) in [6, 6.07) is 78.9. The summed E-state index contributed by atoms with van der Waals surface area (Å²) in [5.41, 5.74) is 14.5. The van der Waals surface area contributed by atoms with Crippen LogP contribution in [0.15, 0.2) is 223 Å². The van der Waals surface area contributed by atoms with E-state index in [0.29, 0.717) is 0 Å². The van der Waals surface area contributed by atoms with E-state index < -0.39 is 6.17 Å². The summed E-state index contributed by atoms with van der Waals surface area (Å²) in [5.74, 6) is 0. The molecule has 0 aliphatic carbocycles. The molecule has 4 nitrogen and oxygen atoms in total. The molecule has 0 bridgehead atoms. The molecule has 1 aliphatic heterocycles. The predicted molar refractivity (Wildman–Crippen MR) is 260 cm³/mol. The Balaban J connectivity index is 0.986. The topological polar surface area (TPSA) is 36.3 Å². The van der Waals surface area contributed by atoms with Crippen LogP contribution in [0.2, 0.25) is 0 Å². The van der Waals surface area contributed by atoms with Crippen LogP contribution >= 0.6 is 0 Å². The van der Waals surface area contributed by atoms with Crippen molar-refractivity contribution in [2.24, 2.45) is 4.99 Å². The van der Waals surface area contributed by atoms with Gasteiger partial charge in [-0.1, -0.05) is 164 Å². The van der Waals surface area contributed by atoms with Gasteiger partial charge in [-0.2, -0.15) is 0 Å². The summed E-state index contributed by atoms with van der Waals surface area (Å²) in [4.78, 5) is 5.53. The predicted octanol–water partition coefficient (Wildman–Crippen LogP) is 15.4. The Bertz CT molecular complexity index is 3790. The third kappa shape index (κ3) is 5.30. The summed E-state index contributed by atoms with van der Waals surface area (Å²) < 4.78 is 4.80. The van der Waals surface area contributed by atoms with Gasteiger partial charge in [0.15, 0.2) is 0 Å². The van der Waals surface area contributed by atoms with Crippen LogP contribution in [0.1, 0.15) is 22.9 Å². The summed E-state index contributed by atoms with van der Waals surface area (Å²) in [5, 5.41) is 15.0. The molecule has 0 N–H and O–H groups in total. The molecule has 1 aliphatic rings. The number of fused-ring (bicyclic) bond motifs is 10. The van der Waals surface area contributed by atoms with Crippen molar-refractivity contribution in [1.82, 2.24) is 9.13 Å². The SMILES string of the molecule is c1ccc(-n2c3ccccc3c3cc(-c4ccc5c6ccccc6n(-c6cccc(C7=NC(c8cccc9ccccc89)[N-]c8c7ccc7ccccc87)c6)c5c4)ccc32)cc1. The number of hydrogen-bond donors (Lipinski definition) is 0. The standard InChI is InChI=1S/C58H37N4/c1-2-18-42(19-3-1)61-53-27-11-9-24-47(53)51-35-39(30-33-54(51)61)40-29-31-48-46-23-8-10-26-52(46)62(55(48)36-40)43-20-12-17-41(34-43)56-50-32-28-38-15-5-7-22-45(38)57(50)60-58(59-56)49-25-13-16-37-14-4-6-21-44(37)49/h1-36,58H/q-1. The van der Waals surface area contributed by atoms with E-state index in [1.807, 2.05) is 0 Å². The molecule has 12 aromatic rings. The molecule has 10 aromatic carbocycles. The molecule has 0 saturated carbocycles. The molecule has 1 atom stereocenters. The zero-order valence-corrected chi connectivity index (χ0v) is 33.7. The van der Waals surface area contributed by atoms with Crippen molar-refractivity contribution < 1.29 is 0 Å². The lowest BCUT2D eigenvalue weighted by Gasteiger charge is -2.39. The maximum Gasteiger partial charge on any atom is 0.0696 e. The molecule has 0 saturated heterocycles. The lowest BCUT2D eigenvalue weighted by molar-refractivity contribution is 0.883. The number of aliphatic imine (C=N–C) groups is 1. The summed E-state index contributed by atoms with van der Waals surface area (Å²) in [6.45, 7) is 0. The average molecular weight is 790 g/mol. The Kier molecular flexibility index (Phi) is 7.63. The fourth-order valence-corrected chi connectivity index (χ4v) is 10.0. The summed E-state index contributed by atoms with van der Waals surface area (Å²) in [6.07, 6.45) is -0.395. The van der Waals surface area contributed by atoms with E-state index in [4.69, 9.17) is 10.3 Å². The number of benzene rings is 10. The van der Waals surface area contributed by atoms with Gasteiger partial charge in [0.05, 0.1) is 27.8 Å². The second-order valence-electron chi connectivity index (χ2n) is 16.3. The Hall–Kier alpha value is -8.21. The fourth-order valence-electron chi connectivity index (χ4n) is 10.0. The van der Waals surface area contributed by atoms with Crippen LogP contribution in [0.4, 0.5) is 5.69 Å². The third-order valence-corrected chi connectivity index (χ3v) is 12.8. The van der Waals surface area contributed by atoms with Gasteiger partial charge in [0.1, 0.15) is 0 Å². The van der Waals surface area contributed by atoms with Crippen molar-refractivity contribution in [3.63, 3.8) is 0 Å². The Morgan fingerprint density at radius 3 is 1.76 bits per heavy atom. The smallest absolute Gasteiger partial charge is 0.0696 e. The monoisotopic (exact) mass is 789 g/mol. The molecule has 4 heteroatoms. The van der Waals surface area contributed by atoms with Crippen LogP contribution in [0.25, 0.3) is 93.0 Å². The van der Waals surface area contributed by atoms with E-state index >= 15 is 0 Å². The first-order valence-corrected chi connectivity index (χ1v) is 21.3. The van der Waals surface area contributed by atoms with Crippen LogP contribution in [0, 0.1) is 0 Å². The molecule has 0 amide bonds. The van der Waals surface area contributed by atoms with Crippen molar-refractivity contribution in [3.8, 4) is 22.5 Å². The van der Waals surface area contributed by atoms with E-state index in [9.17, 15) is 0 Å². The number of rotatable bonds is 5. The van der Waals surface area contributed by atoms with Gasteiger partial charge in [-0.05, 0) is 98.4 Å². The molecule has 1 unspecified atom stereocenters. The van der Waals surface area contributed by atoms with E-state index in [1.165, 1.54) is 65.4 Å². The molecule has 2 aromatic heterocycles. The normalized spacial score (nSPS) is 13.9.